The monoisotopic (exact) mass is 227 g/mol. The Bertz CT molecular complexity index is 273. The van der Waals surface area contributed by atoms with Crippen LogP contribution < -0.4 is 5.73 Å². The average Bonchev–Trinajstić information content (AvgIpc) is 2.33. The zero-order chi connectivity index (χ0) is 8.72. The summed E-state index contributed by atoms with van der Waals surface area (Å²) in [6.07, 6.45) is -0.498. The first-order valence-corrected chi connectivity index (χ1v) is 4.80. The molecule has 3 heteroatoms. The third-order valence-corrected chi connectivity index (χ3v) is 3.35. The number of benzene rings is 1. The van der Waals surface area contributed by atoms with E-state index < -0.39 is 6.10 Å². The predicted octanol–water partition coefficient (Wildman–Crippen LogP) is 1.50. The van der Waals surface area contributed by atoms with Gasteiger partial charge in [-0.25, -0.2) is 0 Å². The lowest BCUT2D eigenvalue weighted by atomic mass is 10.1. The van der Waals surface area contributed by atoms with Gasteiger partial charge in [-0.3, -0.25) is 0 Å². The molecule has 64 valence electrons. The van der Waals surface area contributed by atoms with Crippen molar-refractivity contribution in [3.8, 4) is 0 Å². The Kier molecular flexibility index (Phi) is 1.94. The van der Waals surface area contributed by atoms with Crippen molar-refractivity contribution in [2.45, 2.75) is 17.0 Å². The summed E-state index contributed by atoms with van der Waals surface area (Å²) in [6.45, 7) is 0. The van der Waals surface area contributed by atoms with E-state index in [0.717, 1.165) is 11.1 Å². The summed E-state index contributed by atoms with van der Waals surface area (Å²) in [5.41, 5.74) is 7.96. The Labute approximate surface area is 79.5 Å². The number of hydrogen-bond donors (Lipinski definition) is 2. The quantitative estimate of drug-likeness (QED) is 0.661. The van der Waals surface area contributed by atoms with Crippen LogP contribution in [0.4, 0.5) is 0 Å². The standard InChI is InChI=1S/C9H10BrNO/c10-7-5-3-1-2-4-6(5)8(11)9(7)12/h1-4,7-9,12H,11H2. The van der Waals surface area contributed by atoms with Crippen LogP contribution in [-0.2, 0) is 0 Å². The van der Waals surface area contributed by atoms with Crippen LogP contribution in [0.2, 0.25) is 0 Å². The summed E-state index contributed by atoms with van der Waals surface area (Å²) in [6, 6.07) is 7.61. The molecule has 0 spiro atoms. The van der Waals surface area contributed by atoms with Crippen LogP contribution in [0.5, 0.6) is 0 Å². The maximum absolute atomic E-state index is 9.62. The van der Waals surface area contributed by atoms with Gasteiger partial charge in [0.1, 0.15) is 0 Å². The minimum absolute atomic E-state index is 0.0105. The van der Waals surface area contributed by atoms with Crippen LogP contribution in [-0.4, -0.2) is 11.2 Å². The topological polar surface area (TPSA) is 46.2 Å². The summed E-state index contributed by atoms with van der Waals surface area (Å²) in [7, 11) is 0. The summed E-state index contributed by atoms with van der Waals surface area (Å²) in [5.74, 6) is 0. The highest BCUT2D eigenvalue weighted by Crippen LogP contribution is 2.42. The first-order valence-electron chi connectivity index (χ1n) is 3.88. The lowest BCUT2D eigenvalue weighted by molar-refractivity contribution is 0.157. The molecule has 0 fully saturated rings. The Hall–Kier alpha value is -0.380. The SMILES string of the molecule is NC1c2ccccc2C(Br)C1O. The van der Waals surface area contributed by atoms with Gasteiger partial charge in [0.2, 0.25) is 0 Å². The summed E-state index contributed by atoms with van der Waals surface area (Å²) < 4.78 is 0. The number of aliphatic hydroxyl groups is 1. The Balaban J connectivity index is 2.52. The van der Waals surface area contributed by atoms with Crippen LogP contribution in [0.1, 0.15) is 22.0 Å². The second-order valence-electron chi connectivity index (χ2n) is 3.05. The molecule has 3 atom stereocenters. The third kappa shape index (κ3) is 1.01. The van der Waals surface area contributed by atoms with Crippen LogP contribution in [0.25, 0.3) is 0 Å². The molecular weight excluding hydrogens is 218 g/mol. The highest BCUT2D eigenvalue weighted by molar-refractivity contribution is 9.09. The lowest BCUT2D eigenvalue weighted by Gasteiger charge is -2.10. The van der Waals surface area contributed by atoms with Gasteiger partial charge >= 0.3 is 0 Å². The van der Waals surface area contributed by atoms with Gasteiger partial charge in [0.15, 0.2) is 0 Å². The van der Waals surface area contributed by atoms with Gasteiger partial charge in [0, 0.05) is 0 Å². The van der Waals surface area contributed by atoms with Gasteiger partial charge in [0.25, 0.3) is 0 Å². The van der Waals surface area contributed by atoms with Gasteiger partial charge in [-0.2, -0.15) is 0 Å². The number of fused-ring (bicyclic) bond motifs is 1. The smallest absolute Gasteiger partial charge is 0.0898 e. The second-order valence-corrected chi connectivity index (χ2v) is 4.03. The molecule has 2 nitrogen and oxygen atoms in total. The van der Waals surface area contributed by atoms with Gasteiger partial charge < -0.3 is 10.8 Å². The highest BCUT2D eigenvalue weighted by Gasteiger charge is 2.35. The van der Waals surface area contributed by atoms with Crippen molar-refractivity contribution in [1.82, 2.24) is 0 Å². The fraction of sp³-hybridized carbons (Fsp3) is 0.333. The average molecular weight is 228 g/mol. The van der Waals surface area contributed by atoms with E-state index >= 15 is 0 Å². The van der Waals surface area contributed by atoms with Crippen molar-refractivity contribution < 1.29 is 5.11 Å². The largest absolute Gasteiger partial charge is 0.390 e. The van der Waals surface area contributed by atoms with Gasteiger partial charge in [-0.05, 0) is 11.1 Å². The predicted molar refractivity (Wildman–Crippen MR) is 51.0 cm³/mol. The van der Waals surface area contributed by atoms with Crippen molar-refractivity contribution in [3.63, 3.8) is 0 Å². The van der Waals surface area contributed by atoms with Crippen LogP contribution >= 0.6 is 15.9 Å². The molecule has 12 heavy (non-hydrogen) atoms. The number of halogens is 1. The van der Waals surface area contributed by atoms with Crippen LogP contribution in [0.15, 0.2) is 24.3 Å². The van der Waals surface area contributed by atoms with Crippen LogP contribution in [0.3, 0.4) is 0 Å². The Morgan fingerprint density at radius 1 is 1.25 bits per heavy atom. The molecule has 0 radical (unpaired) electrons. The number of nitrogens with two attached hydrogens (primary N) is 1. The normalized spacial score (nSPS) is 33.4. The number of rotatable bonds is 0. The summed E-state index contributed by atoms with van der Waals surface area (Å²) >= 11 is 3.41. The summed E-state index contributed by atoms with van der Waals surface area (Å²) in [4.78, 5) is -0.0105. The molecule has 0 aliphatic heterocycles. The number of hydrogen-bond acceptors (Lipinski definition) is 2. The highest BCUT2D eigenvalue weighted by atomic mass is 79.9. The fourth-order valence-corrected chi connectivity index (χ4v) is 2.36. The van der Waals surface area contributed by atoms with E-state index in [1.165, 1.54) is 0 Å². The molecule has 1 aromatic rings. The van der Waals surface area contributed by atoms with E-state index in [0.29, 0.717) is 0 Å². The van der Waals surface area contributed by atoms with Gasteiger partial charge in [-0.15, -0.1) is 0 Å². The van der Waals surface area contributed by atoms with E-state index in [9.17, 15) is 5.11 Å². The van der Waals surface area contributed by atoms with Gasteiger partial charge in [-0.1, -0.05) is 40.2 Å². The molecule has 0 amide bonds. The minimum atomic E-state index is -0.498. The van der Waals surface area contributed by atoms with Crippen molar-refractivity contribution in [2.75, 3.05) is 0 Å². The first-order chi connectivity index (χ1) is 5.72. The van der Waals surface area contributed by atoms with E-state index in [4.69, 9.17) is 5.73 Å². The Morgan fingerprint density at radius 3 is 2.42 bits per heavy atom. The van der Waals surface area contributed by atoms with E-state index in [2.05, 4.69) is 15.9 Å². The van der Waals surface area contributed by atoms with Gasteiger partial charge in [0.05, 0.1) is 17.0 Å². The first kappa shape index (κ1) is 8.23. The lowest BCUT2D eigenvalue weighted by Crippen LogP contribution is -2.22. The molecule has 0 saturated heterocycles. The zero-order valence-electron chi connectivity index (χ0n) is 6.44. The minimum Gasteiger partial charge on any atom is -0.390 e. The van der Waals surface area contributed by atoms with Crippen molar-refractivity contribution >= 4 is 15.9 Å². The third-order valence-electron chi connectivity index (χ3n) is 2.32. The molecule has 0 aromatic heterocycles. The number of aliphatic hydroxyl groups excluding tert-OH is 1. The molecular formula is C9H10BrNO. The molecule has 1 aliphatic rings. The van der Waals surface area contributed by atoms with E-state index in [1.54, 1.807) is 0 Å². The van der Waals surface area contributed by atoms with Crippen molar-refractivity contribution in [3.05, 3.63) is 35.4 Å². The molecule has 0 heterocycles. The van der Waals surface area contributed by atoms with E-state index in [-0.39, 0.29) is 10.9 Å². The Morgan fingerprint density at radius 2 is 1.83 bits per heavy atom. The fourth-order valence-electron chi connectivity index (χ4n) is 1.62. The molecule has 1 aromatic carbocycles. The number of alkyl halides is 1. The maximum Gasteiger partial charge on any atom is 0.0898 e. The van der Waals surface area contributed by atoms with Crippen molar-refractivity contribution in [2.24, 2.45) is 5.73 Å². The molecule has 0 saturated carbocycles. The molecule has 1 aliphatic carbocycles. The van der Waals surface area contributed by atoms with Crippen LogP contribution in [0, 0.1) is 0 Å². The summed E-state index contributed by atoms with van der Waals surface area (Å²) in [5, 5.41) is 9.62. The molecule has 0 bridgehead atoms. The zero-order valence-corrected chi connectivity index (χ0v) is 8.03. The molecule has 2 rings (SSSR count). The van der Waals surface area contributed by atoms with Crippen molar-refractivity contribution in [1.29, 1.82) is 0 Å². The van der Waals surface area contributed by atoms with E-state index in [1.807, 2.05) is 24.3 Å². The molecule has 3 N–H and O–H groups in total. The maximum atomic E-state index is 9.62. The molecule has 3 unspecified atom stereocenters. The second kappa shape index (κ2) is 2.83.